The Hall–Kier alpha value is -0.160. The first-order chi connectivity index (χ1) is 10.5. The summed E-state index contributed by atoms with van der Waals surface area (Å²) in [6.45, 7) is 21.0. The van der Waals surface area contributed by atoms with E-state index in [4.69, 9.17) is 19.7 Å². The Bertz CT molecular complexity index is 118. The quantitative estimate of drug-likeness (QED) is 0.376. The van der Waals surface area contributed by atoms with Crippen molar-refractivity contribution in [3.05, 3.63) is 0 Å². The first kappa shape index (κ1) is 87.5. The minimum atomic E-state index is 0. The van der Waals surface area contributed by atoms with Crippen LogP contribution in [0.2, 0.25) is 0 Å². The van der Waals surface area contributed by atoms with Gasteiger partial charge in [0.1, 0.15) is 0 Å². The lowest BCUT2D eigenvalue weighted by molar-refractivity contribution is 0.0572. The minimum Gasteiger partial charge on any atom is -0.396 e. The van der Waals surface area contributed by atoms with Crippen molar-refractivity contribution in [2.24, 2.45) is 11.8 Å². The molecule has 0 aliphatic carbocycles. The summed E-state index contributed by atoms with van der Waals surface area (Å²) in [5, 5.41) is 16.0. The summed E-state index contributed by atoms with van der Waals surface area (Å²) in [6, 6.07) is 0. The third kappa shape index (κ3) is 257. The fourth-order valence-corrected chi connectivity index (χ4v) is 0.461. The Balaban J connectivity index is -0.0000000112. The van der Waals surface area contributed by atoms with Gasteiger partial charge in [0.05, 0.1) is 13.2 Å². The van der Waals surface area contributed by atoms with E-state index in [0.29, 0.717) is 38.3 Å². The summed E-state index contributed by atoms with van der Waals surface area (Å²) < 4.78 is 10.0. The van der Waals surface area contributed by atoms with Crippen LogP contribution in [-0.4, -0.2) is 50.4 Å². The first-order valence-electron chi connectivity index (χ1n) is 8.74. The average molecular weight is 455 g/mol. The summed E-state index contributed by atoms with van der Waals surface area (Å²) in [5.41, 5.74) is 0. The third-order valence-electron chi connectivity index (χ3n) is 1.47. The van der Waals surface area contributed by atoms with Gasteiger partial charge in [-0.15, -0.1) is 0 Å². The molecule has 0 aliphatic heterocycles. The van der Waals surface area contributed by atoms with E-state index in [2.05, 4.69) is 13.8 Å². The van der Waals surface area contributed by atoms with Crippen LogP contribution < -0.4 is 0 Å². The van der Waals surface area contributed by atoms with E-state index >= 15 is 0 Å². The summed E-state index contributed by atoms with van der Waals surface area (Å²) in [7, 11) is 1.68. The predicted molar refractivity (Wildman–Crippen MR) is 153 cm³/mol. The molecule has 206 valence electrons. The minimum absolute atomic E-state index is 0. The molecule has 2 N–H and O–H groups in total. The van der Waals surface area contributed by atoms with Gasteiger partial charge in [0.15, 0.2) is 0 Å². The van der Waals surface area contributed by atoms with Gasteiger partial charge >= 0.3 is 0 Å². The molecule has 0 aromatic carbocycles. The summed E-state index contributed by atoms with van der Waals surface area (Å²) in [6.07, 6.45) is 0.875. The lowest BCUT2D eigenvalue weighted by atomic mass is 10.2. The maximum absolute atomic E-state index is 8.14. The highest BCUT2D eigenvalue weighted by Crippen LogP contribution is 1.91. The second kappa shape index (κ2) is 117. The normalized spacial score (nSPS) is 6.20. The van der Waals surface area contributed by atoms with Crippen molar-refractivity contribution in [2.75, 3.05) is 40.1 Å². The molecule has 0 saturated heterocycles. The number of ether oxygens (including phenoxy) is 2. The van der Waals surface area contributed by atoms with Gasteiger partial charge in [0.25, 0.3) is 0 Å². The van der Waals surface area contributed by atoms with Gasteiger partial charge in [0, 0.05) is 26.9 Å². The fourth-order valence-electron chi connectivity index (χ4n) is 0.461. The van der Waals surface area contributed by atoms with E-state index in [1.165, 1.54) is 0 Å². The predicted octanol–water partition coefficient (Wildman–Crippen LogP) is 9.47. The zero-order valence-corrected chi connectivity index (χ0v) is 17.1. The van der Waals surface area contributed by atoms with Crippen LogP contribution in [0.25, 0.3) is 0 Å². The lowest BCUT2D eigenvalue weighted by Crippen LogP contribution is -2.06. The fraction of sp³-hybridized carbons (Fsp3) is 1.00. The number of aliphatic hydroxyl groups is 2. The largest absolute Gasteiger partial charge is 0.396 e. The van der Waals surface area contributed by atoms with Gasteiger partial charge in [-0.05, 0) is 18.3 Å². The maximum Gasteiger partial charge on any atom is 0.0700 e. The monoisotopic (exact) mass is 455 g/mol. The van der Waals surface area contributed by atoms with Crippen molar-refractivity contribution in [3.8, 4) is 0 Å². The van der Waals surface area contributed by atoms with Gasteiger partial charge in [-0.3, -0.25) is 0 Å². The van der Waals surface area contributed by atoms with E-state index in [1.807, 2.05) is 48.5 Å². The molecular formula is C26H78O4. The topological polar surface area (TPSA) is 58.9 Å². The number of hydrogen-bond acceptors (Lipinski definition) is 4. The molecule has 0 unspecified atom stereocenters. The SMILES string of the molecule is C.C.C.C.C.C.C.C.CC.CC.CC(C)CO.CCCO.COCCOCC(C)C. The van der Waals surface area contributed by atoms with E-state index in [1.54, 1.807) is 7.11 Å². The highest BCUT2D eigenvalue weighted by atomic mass is 16.5. The Morgan fingerprint density at radius 1 is 0.633 bits per heavy atom. The molecule has 0 saturated carbocycles. The average Bonchev–Trinajstić information content (AvgIpc) is 2.56. The summed E-state index contributed by atoms with van der Waals surface area (Å²) in [5.74, 6) is 1.07. The van der Waals surface area contributed by atoms with Gasteiger partial charge in [0.2, 0.25) is 0 Å². The second-order valence-electron chi connectivity index (χ2n) is 4.76. The van der Waals surface area contributed by atoms with Crippen molar-refractivity contribution in [1.82, 2.24) is 0 Å². The molecule has 0 aliphatic rings. The maximum atomic E-state index is 8.14. The van der Waals surface area contributed by atoms with E-state index < -0.39 is 0 Å². The molecule has 0 amide bonds. The molecule has 0 fully saturated rings. The van der Waals surface area contributed by atoms with Crippen molar-refractivity contribution in [3.63, 3.8) is 0 Å². The Kier molecular flexibility index (Phi) is 340. The van der Waals surface area contributed by atoms with E-state index in [0.717, 1.165) is 13.0 Å². The van der Waals surface area contributed by atoms with Gasteiger partial charge in [-0.1, -0.05) is 122 Å². The van der Waals surface area contributed by atoms with Crippen LogP contribution in [0.4, 0.5) is 0 Å². The summed E-state index contributed by atoms with van der Waals surface area (Å²) in [4.78, 5) is 0. The molecule has 0 atom stereocenters. The molecule has 0 spiro atoms. The molecule has 0 aromatic heterocycles. The molecule has 4 nitrogen and oxygen atoms in total. The molecule has 0 radical (unpaired) electrons. The Morgan fingerprint density at radius 3 is 1.03 bits per heavy atom. The standard InChI is InChI=1S/C7H16O2.C4H10O.C3H8O.2C2H6.8CH4/c1-7(2)6-9-5-4-8-3;1-4(2)3-5;1-2-3-4;2*1-2;;;;;;;;/h7H,4-6H2,1-3H3;4-5H,3H2,1-2H3;4H,2-3H2,1H3;2*1-2H3;8*1H4. The number of methoxy groups -OCH3 is 1. The van der Waals surface area contributed by atoms with E-state index in [9.17, 15) is 0 Å². The number of rotatable bonds is 7. The molecule has 0 heterocycles. The zero-order chi connectivity index (χ0) is 18.8. The molecule has 30 heavy (non-hydrogen) atoms. The van der Waals surface area contributed by atoms with Crippen LogP contribution in [0.5, 0.6) is 0 Å². The Labute approximate surface area is 200 Å². The highest BCUT2D eigenvalue weighted by Gasteiger charge is 1.91. The smallest absolute Gasteiger partial charge is 0.0700 e. The molecule has 0 bridgehead atoms. The zero-order valence-electron chi connectivity index (χ0n) is 17.1. The molecule has 4 heteroatoms. The molecular weight excluding hydrogens is 376 g/mol. The summed E-state index contributed by atoms with van der Waals surface area (Å²) >= 11 is 0. The van der Waals surface area contributed by atoms with Crippen LogP contribution >= 0.6 is 0 Å². The van der Waals surface area contributed by atoms with Crippen LogP contribution in [-0.2, 0) is 9.47 Å². The van der Waals surface area contributed by atoms with Crippen molar-refractivity contribution in [1.29, 1.82) is 0 Å². The Morgan fingerprint density at radius 2 is 0.900 bits per heavy atom. The van der Waals surface area contributed by atoms with Crippen LogP contribution in [0, 0.1) is 11.8 Å². The van der Waals surface area contributed by atoms with Crippen LogP contribution in [0.15, 0.2) is 0 Å². The van der Waals surface area contributed by atoms with Gasteiger partial charge in [-0.25, -0.2) is 0 Å². The van der Waals surface area contributed by atoms with Gasteiger partial charge in [-0.2, -0.15) is 0 Å². The third-order valence-corrected chi connectivity index (χ3v) is 1.47. The first-order valence-corrected chi connectivity index (χ1v) is 8.74. The number of aliphatic hydroxyl groups excluding tert-OH is 2. The van der Waals surface area contributed by atoms with Crippen LogP contribution in [0.1, 0.15) is 128 Å². The second-order valence-corrected chi connectivity index (χ2v) is 4.76. The lowest BCUT2D eigenvalue weighted by Gasteiger charge is -2.04. The highest BCUT2D eigenvalue weighted by molar-refractivity contribution is 4.38. The van der Waals surface area contributed by atoms with Crippen molar-refractivity contribution >= 4 is 0 Å². The van der Waals surface area contributed by atoms with Crippen LogP contribution in [0.3, 0.4) is 0 Å². The number of hydrogen-bond donors (Lipinski definition) is 2. The van der Waals surface area contributed by atoms with Gasteiger partial charge < -0.3 is 19.7 Å². The van der Waals surface area contributed by atoms with E-state index in [-0.39, 0.29) is 59.4 Å². The molecule has 0 aromatic rings. The molecule has 0 rings (SSSR count). The van der Waals surface area contributed by atoms with Crippen molar-refractivity contribution in [2.45, 2.75) is 128 Å². The van der Waals surface area contributed by atoms with Crippen molar-refractivity contribution < 1.29 is 19.7 Å².